The number of thiophene rings is 1. The van der Waals surface area contributed by atoms with Gasteiger partial charge in [0.1, 0.15) is 17.1 Å². The smallest absolute Gasteiger partial charge is 0.272 e. The van der Waals surface area contributed by atoms with E-state index in [1.54, 1.807) is 6.92 Å². The Morgan fingerprint density at radius 1 is 1.07 bits per heavy atom. The second-order valence-electron chi connectivity index (χ2n) is 6.64. The van der Waals surface area contributed by atoms with E-state index in [4.69, 9.17) is 0 Å². The van der Waals surface area contributed by atoms with Crippen molar-refractivity contribution in [3.05, 3.63) is 69.8 Å². The molecule has 1 N–H and O–H groups in total. The van der Waals surface area contributed by atoms with Gasteiger partial charge in [-0.15, -0.1) is 11.3 Å². The van der Waals surface area contributed by atoms with Gasteiger partial charge < -0.3 is 5.32 Å². The highest BCUT2D eigenvalue weighted by Gasteiger charge is 2.16. The number of carbonyl (C=O) groups is 1. The topological polar surface area (TPSA) is 64.0 Å². The van der Waals surface area contributed by atoms with Crippen molar-refractivity contribution in [3.8, 4) is 0 Å². The largest absolute Gasteiger partial charge is 0.324 e. The molecule has 2 aromatic carbocycles. The zero-order valence-electron chi connectivity index (χ0n) is 15.4. The van der Waals surface area contributed by atoms with Gasteiger partial charge in [0.2, 0.25) is 5.91 Å². The first-order chi connectivity index (χ1) is 13.0. The predicted molar refractivity (Wildman–Crippen MR) is 111 cm³/mol. The molecule has 0 saturated heterocycles. The molecule has 0 atom stereocenters. The standard InChI is InChI=1S/C21H19N3O2S/c1-12-7-6-8-13(2)18(12)23-17(25)11-24-14(3)22-19-15-9-4-5-10-16(15)27-20(19)21(24)26/h4-10H,11H2,1-3H3,(H,23,25). The highest BCUT2D eigenvalue weighted by Crippen LogP contribution is 2.30. The first-order valence-electron chi connectivity index (χ1n) is 8.70. The first-order valence-corrected chi connectivity index (χ1v) is 9.52. The summed E-state index contributed by atoms with van der Waals surface area (Å²) in [5, 5.41) is 3.91. The number of para-hydroxylation sites is 1. The third-order valence-electron chi connectivity index (χ3n) is 4.72. The van der Waals surface area contributed by atoms with Crippen molar-refractivity contribution < 1.29 is 4.79 Å². The second-order valence-corrected chi connectivity index (χ2v) is 7.69. The van der Waals surface area contributed by atoms with Crippen LogP contribution in [-0.2, 0) is 11.3 Å². The van der Waals surface area contributed by atoms with Crippen molar-refractivity contribution in [3.63, 3.8) is 0 Å². The van der Waals surface area contributed by atoms with Crippen LogP contribution in [0.5, 0.6) is 0 Å². The molecule has 27 heavy (non-hydrogen) atoms. The predicted octanol–water partition coefficient (Wildman–Crippen LogP) is 4.18. The van der Waals surface area contributed by atoms with Crippen LogP contribution in [0.4, 0.5) is 5.69 Å². The van der Waals surface area contributed by atoms with Crippen molar-refractivity contribution in [2.24, 2.45) is 0 Å². The van der Waals surface area contributed by atoms with Crippen LogP contribution in [0.2, 0.25) is 0 Å². The maximum atomic E-state index is 13.0. The lowest BCUT2D eigenvalue weighted by Gasteiger charge is -2.13. The summed E-state index contributed by atoms with van der Waals surface area (Å²) in [6.45, 7) is 5.60. The van der Waals surface area contributed by atoms with Gasteiger partial charge in [0.25, 0.3) is 5.56 Å². The fourth-order valence-electron chi connectivity index (χ4n) is 3.30. The molecule has 2 aromatic heterocycles. The molecule has 0 unspecified atom stereocenters. The summed E-state index contributed by atoms with van der Waals surface area (Å²) in [4.78, 5) is 30.2. The van der Waals surface area contributed by atoms with E-state index in [-0.39, 0.29) is 18.0 Å². The van der Waals surface area contributed by atoms with Gasteiger partial charge in [-0.2, -0.15) is 0 Å². The molecule has 4 aromatic rings. The molecule has 0 aliphatic heterocycles. The number of hydrogen-bond donors (Lipinski definition) is 1. The lowest BCUT2D eigenvalue weighted by molar-refractivity contribution is -0.116. The van der Waals surface area contributed by atoms with Gasteiger partial charge in [-0.05, 0) is 38.0 Å². The number of hydrogen-bond acceptors (Lipinski definition) is 4. The van der Waals surface area contributed by atoms with E-state index in [1.165, 1.54) is 15.9 Å². The first kappa shape index (κ1) is 17.4. The number of amides is 1. The molecule has 0 bridgehead atoms. The average Bonchev–Trinajstić information content (AvgIpc) is 3.01. The maximum Gasteiger partial charge on any atom is 0.272 e. The number of aryl methyl sites for hydroxylation is 3. The fraction of sp³-hybridized carbons (Fsp3) is 0.190. The van der Waals surface area contributed by atoms with E-state index in [1.807, 2.05) is 56.3 Å². The van der Waals surface area contributed by atoms with Gasteiger partial charge in [-0.25, -0.2) is 4.98 Å². The highest BCUT2D eigenvalue weighted by atomic mass is 32.1. The van der Waals surface area contributed by atoms with Crippen molar-refractivity contribution in [2.75, 3.05) is 5.32 Å². The second kappa shape index (κ2) is 6.63. The highest BCUT2D eigenvalue weighted by molar-refractivity contribution is 7.25. The fourth-order valence-corrected chi connectivity index (χ4v) is 4.39. The van der Waals surface area contributed by atoms with E-state index >= 15 is 0 Å². The van der Waals surface area contributed by atoms with Gasteiger partial charge in [0.05, 0.1) is 5.52 Å². The third-order valence-corrected chi connectivity index (χ3v) is 5.87. The summed E-state index contributed by atoms with van der Waals surface area (Å²) in [5.41, 5.74) is 3.32. The van der Waals surface area contributed by atoms with Gasteiger partial charge in [-0.3, -0.25) is 14.2 Å². The number of nitrogens with one attached hydrogen (secondary N) is 1. The molecule has 0 aliphatic carbocycles. The normalized spacial score (nSPS) is 11.2. The Morgan fingerprint density at radius 3 is 2.52 bits per heavy atom. The van der Waals surface area contributed by atoms with E-state index in [2.05, 4.69) is 10.3 Å². The van der Waals surface area contributed by atoms with Crippen LogP contribution in [0, 0.1) is 20.8 Å². The number of carbonyl (C=O) groups excluding carboxylic acids is 1. The van der Waals surface area contributed by atoms with Crippen molar-refractivity contribution in [2.45, 2.75) is 27.3 Å². The lowest BCUT2D eigenvalue weighted by atomic mass is 10.1. The monoisotopic (exact) mass is 377 g/mol. The summed E-state index contributed by atoms with van der Waals surface area (Å²) in [7, 11) is 0. The van der Waals surface area contributed by atoms with E-state index < -0.39 is 0 Å². The Balaban J connectivity index is 1.72. The average molecular weight is 377 g/mol. The minimum Gasteiger partial charge on any atom is -0.324 e. The molecule has 2 heterocycles. The minimum absolute atomic E-state index is 0.0599. The summed E-state index contributed by atoms with van der Waals surface area (Å²) in [5.74, 6) is 0.299. The molecule has 0 spiro atoms. The zero-order chi connectivity index (χ0) is 19.1. The van der Waals surface area contributed by atoms with Crippen molar-refractivity contribution in [1.29, 1.82) is 0 Å². The molecule has 0 radical (unpaired) electrons. The van der Waals surface area contributed by atoms with Crippen LogP contribution in [0.3, 0.4) is 0 Å². The molecule has 0 saturated carbocycles. The van der Waals surface area contributed by atoms with Crippen LogP contribution < -0.4 is 10.9 Å². The zero-order valence-corrected chi connectivity index (χ0v) is 16.2. The van der Waals surface area contributed by atoms with Gasteiger partial charge >= 0.3 is 0 Å². The number of rotatable bonds is 3. The van der Waals surface area contributed by atoms with Crippen LogP contribution in [0.15, 0.2) is 47.3 Å². The SMILES string of the molecule is Cc1cccc(C)c1NC(=O)Cn1c(C)nc2c(sc3ccccc32)c1=O. The molecule has 4 rings (SSSR count). The third kappa shape index (κ3) is 3.02. The lowest BCUT2D eigenvalue weighted by Crippen LogP contribution is -2.30. The molecule has 1 amide bonds. The van der Waals surface area contributed by atoms with E-state index in [9.17, 15) is 9.59 Å². The van der Waals surface area contributed by atoms with Crippen LogP contribution in [-0.4, -0.2) is 15.5 Å². The van der Waals surface area contributed by atoms with Crippen LogP contribution in [0.25, 0.3) is 20.3 Å². The molecular formula is C21H19N3O2S. The Kier molecular flexibility index (Phi) is 4.28. The quantitative estimate of drug-likeness (QED) is 0.583. The number of benzene rings is 2. The van der Waals surface area contributed by atoms with Gasteiger partial charge in [0, 0.05) is 15.8 Å². The summed E-state index contributed by atoms with van der Waals surface area (Å²) < 4.78 is 3.05. The van der Waals surface area contributed by atoms with E-state index in [0.29, 0.717) is 16.0 Å². The molecule has 0 fully saturated rings. The Bertz CT molecular complexity index is 1230. The number of anilines is 1. The van der Waals surface area contributed by atoms with Crippen molar-refractivity contribution in [1.82, 2.24) is 9.55 Å². The van der Waals surface area contributed by atoms with Crippen LogP contribution >= 0.6 is 11.3 Å². The van der Waals surface area contributed by atoms with Crippen LogP contribution in [0.1, 0.15) is 17.0 Å². The number of nitrogens with zero attached hydrogens (tertiary/aromatic N) is 2. The Labute approximate surface area is 160 Å². The molecule has 5 nitrogen and oxygen atoms in total. The van der Waals surface area contributed by atoms with Gasteiger partial charge in [-0.1, -0.05) is 36.4 Å². The summed E-state index contributed by atoms with van der Waals surface area (Å²) in [6.07, 6.45) is 0. The van der Waals surface area contributed by atoms with E-state index in [0.717, 1.165) is 26.9 Å². The van der Waals surface area contributed by atoms with Crippen molar-refractivity contribution >= 4 is 43.2 Å². The summed E-state index contributed by atoms with van der Waals surface area (Å²) >= 11 is 1.42. The molecule has 0 aliphatic rings. The minimum atomic E-state index is -0.236. The Hall–Kier alpha value is -2.99. The number of fused-ring (bicyclic) bond motifs is 3. The molecule has 6 heteroatoms. The maximum absolute atomic E-state index is 13.0. The van der Waals surface area contributed by atoms with Gasteiger partial charge in [0.15, 0.2) is 0 Å². The molecular weight excluding hydrogens is 358 g/mol. The number of aromatic nitrogens is 2. The summed E-state index contributed by atoms with van der Waals surface area (Å²) in [6, 6.07) is 13.7. The Morgan fingerprint density at radius 2 is 1.78 bits per heavy atom. The molecule has 136 valence electrons.